The Bertz CT molecular complexity index is 1510. The minimum atomic E-state index is -0.647. The Morgan fingerprint density at radius 3 is 2.23 bits per heavy atom. The number of rotatable bonds is 7. The van der Waals surface area contributed by atoms with Crippen LogP contribution in [0.5, 0.6) is 17.2 Å². The zero-order valence-corrected chi connectivity index (χ0v) is 23.9. The predicted octanol–water partition coefficient (Wildman–Crippen LogP) is 6.37. The molecule has 208 valence electrons. The summed E-state index contributed by atoms with van der Waals surface area (Å²) >= 11 is 13.3. The number of benzene rings is 3. The Morgan fingerprint density at radius 1 is 0.900 bits per heavy atom. The van der Waals surface area contributed by atoms with E-state index in [2.05, 4.69) is 32.0 Å². The normalized spacial score (nSPS) is 13.8. The van der Waals surface area contributed by atoms with Gasteiger partial charge in [-0.05, 0) is 36.9 Å². The first-order valence-electron chi connectivity index (χ1n) is 12.8. The van der Waals surface area contributed by atoms with E-state index in [0.717, 1.165) is 38.4 Å². The summed E-state index contributed by atoms with van der Waals surface area (Å²) in [6, 6.07) is 12.7. The standard InChI is InChI=1S/C29H29Cl2N5O4/c1-4-35-12-14-36(15-13-35)19-7-5-6-18(16-19)34-29(37)40-21-9-8-20(27-28(21)33-11-10-32-27)24-25(30)22(38-2)17-23(39-3)26(24)31/h5-11,16-17H,4,12-15H2,1-3H3,(H,34,37). The Morgan fingerprint density at radius 2 is 1.57 bits per heavy atom. The van der Waals surface area contributed by atoms with E-state index in [1.165, 1.54) is 20.4 Å². The second kappa shape index (κ2) is 12.2. The largest absolute Gasteiger partial charge is 0.495 e. The first kappa shape index (κ1) is 27.8. The molecule has 3 aromatic carbocycles. The molecule has 1 fully saturated rings. The van der Waals surface area contributed by atoms with Crippen molar-refractivity contribution < 1.29 is 19.0 Å². The molecule has 1 aromatic heterocycles. The fourth-order valence-corrected chi connectivity index (χ4v) is 5.49. The average molecular weight is 582 g/mol. The van der Waals surface area contributed by atoms with Gasteiger partial charge in [-0.3, -0.25) is 10.3 Å². The maximum Gasteiger partial charge on any atom is 0.417 e. The van der Waals surface area contributed by atoms with Crippen LogP contribution in [0, 0.1) is 0 Å². The molecule has 0 bridgehead atoms. The number of anilines is 2. The number of amides is 1. The monoisotopic (exact) mass is 581 g/mol. The molecule has 1 N–H and O–H groups in total. The Balaban J connectivity index is 1.41. The Labute approximate surface area is 242 Å². The molecule has 11 heteroatoms. The van der Waals surface area contributed by atoms with E-state index < -0.39 is 6.09 Å². The van der Waals surface area contributed by atoms with Crippen LogP contribution in [0.25, 0.3) is 22.2 Å². The summed E-state index contributed by atoms with van der Waals surface area (Å²) in [5.41, 5.74) is 3.55. The number of methoxy groups -OCH3 is 2. The van der Waals surface area contributed by atoms with Crippen LogP contribution >= 0.6 is 23.2 Å². The number of hydrogen-bond donors (Lipinski definition) is 1. The minimum Gasteiger partial charge on any atom is -0.495 e. The minimum absolute atomic E-state index is 0.235. The van der Waals surface area contributed by atoms with Crippen LogP contribution in [0.15, 0.2) is 54.9 Å². The highest BCUT2D eigenvalue weighted by molar-refractivity contribution is 6.41. The van der Waals surface area contributed by atoms with Gasteiger partial charge in [-0.2, -0.15) is 0 Å². The van der Waals surface area contributed by atoms with Crippen LogP contribution in [0.2, 0.25) is 10.0 Å². The molecule has 2 heterocycles. The van der Waals surface area contributed by atoms with Gasteiger partial charge in [0.15, 0.2) is 5.75 Å². The molecule has 1 saturated heterocycles. The van der Waals surface area contributed by atoms with Crippen molar-refractivity contribution >= 4 is 51.7 Å². The molecule has 0 saturated carbocycles. The third-order valence-corrected chi connectivity index (χ3v) is 7.66. The second-order valence-corrected chi connectivity index (χ2v) is 9.89. The van der Waals surface area contributed by atoms with Gasteiger partial charge in [-0.1, -0.05) is 36.2 Å². The number of carbonyl (C=O) groups is 1. The second-order valence-electron chi connectivity index (χ2n) is 9.14. The van der Waals surface area contributed by atoms with Crippen molar-refractivity contribution in [2.75, 3.05) is 57.2 Å². The fourth-order valence-electron chi connectivity index (χ4n) is 4.78. The van der Waals surface area contributed by atoms with Crippen LogP contribution < -0.4 is 24.4 Å². The zero-order valence-electron chi connectivity index (χ0n) is 22.4. The number of nitrogens with one attached hydrogen (secondary N) is 1. The van der Waals surface area contributed by atoms with Crippen LogP contribution in [-0.4, -0.2) is 67.9 Å². The molecule has 1 aliphatic heterocycles. The fraction of sp³-hybridized carbons (Fsp3) is 0.276. The highest BCUT2D eigenvalue weighted by Gasteiger charge is 2.23. The quantitative estimate of drug-likeness (QED) is 0.269. The van der Waals surface area contributed by atoms with Gasteiger partial charge < -0.3 is 24.0 Å². The summed E-state index contributed by atoms with van der Waals surface area (Å²) in [4.78, 5) is 26.6. The van der Waals surface area contributed by atoms with Crippen molar-refractivity contribution in [3.8, 4) is 28.4 Å². The molecule has 0 unspecified atom stereocenters. The smallest absolute Gasteiger partial charge is 0.417 e. The van der Waals surface area contributed by atoms with Crippen molar-refractivity contribution in [3.63, 3.8) is 0 Å². The lowest BCUT2D eigenvalue weighted by Crippen LogP contribution is -2.46. The SMILES string of the molecule is CCN1CCN(c2cccc(NC(=O)Oc3ccc(-c4c(Cl)c(OC)cc(OC)c4Cl)c4nccnc34)c2)CC1. The number of aromatic nitrogens is 2. The molecule has 1 aliphatic rings. The summed E-state index contributed by atoms with van der Waals surface area (Å²) in [5, 5.41) is 3.42. The zero-order chi connectivity index (χ0) is 28.2. The van der Waals surface area contributed by atoms with Crippen LogP contribution in [0.1, 0.15) is 6.92 Å². The molecular formula is C29H29Cl2N5O4. The number of nitrogens with zero attached hydrogens (tertiary/aromatic N) is 4. The van der Waals surface area contributed by atoms with Gasteiger partial charge in [0.25, 0.3) is 0 Å². The number of piperazine rings is 1. The van der Waals surface area contributed by atoms with Gasteiger partial charge in [0.05, 0.1) is 24.3 Å². The molecule has 0 radical (unpaired) electrons. The summed E-state index contributed by atoms with van der Waals surface area (Å²) in [5.74, 6) is 1.02. The highest BCUT2D eigenvalue weighted by atomic mass is 35.5. The highest BCUT2D eigenvalue weighted by Crippen LogP contribution is 2.48. The Hall–Kier alpha value is -3.79. The Kier molecular flexibility index (Phi) is 8.44. The van der Waals surface area contributed by atoms with Gasteiger partial charge in [-0.25, -0.2) is 9.78 Å². The number of ether oxygens (including phenoxy) is 3. The molecule has 9 nitrogen and oxygen atoms in total. The van der Waals surface area contributed by atoms with Crippen molar-refractivity contribution in [3.05, 3.63) is 64.9 Å². The van der Waals surface area contributed by atoms with Crippen LogP contribution in [0.4, 0.5) is 16.2 Å². The third kappa shape index (κ3) is 5.58. The van der Waals surface area contributed by atoms with Gasteiger partial charge in [-0.15, -0.1) is 0 Å². The molecular weight excluding hydrogens is 553 g/mol. The topological polar surface area (TPSA) is 89.1 Å². The average Bonchev–Trinajstić information content (AvgIpc) is 2.98. The van der Waals surface area contributed by atoms with Crippen molar-refractivity contribution in [2.45, 2.75) is 6.92 Å². The van der Waals surface area contributed by atoms with E-state index in [1.807, 2.05) is 24.3 Å². The first-order valence-corrected chi connectivity index (χ1v) is 13.6. The van der Waals surface area contributed by atoms with E-state index >= 15 is 0 Å². The van der Waals surface area contributed by atoms with Crippen molar-refractivity contribution in [1.82, 2.24) is 14.9 Å². The summed E-state index contributed by atoms with van der Waals surface area (Å²) in [6.07, 6.45) is 2.42. The van der Waals surface area contributed by atoms with E-state index in [4.69, 9.17) is 37.4 Å². The van der Waals surface area contributed by atoms with Crippen molar-refractivity contribution in [1.29, 1.82) is 0 Å². The first-order chi connectivity index (χ1) is 19.4. The molecule has 0 atom stereocenters. The number of hydrogen-bond acceptors (Lipinski definition) is 8. The summed E-state index contributed by atoms with van der Waals surface area (Å²) < 4.78 is 16.5. The lowest BCUT2D eigenvalue weighted by Gasteiger charge is -2.35. The number of carbonyl (C=O) groups excluding carboxylic acids is 1. The molecule has 0 spiro atoms. The van der Waals surface area contributed by atoms with Gasteiger partial charge in [0, 0.05) is 67.1 Å². The molecule has 40 heavy (non-hydrogen) atoms. The molecule has 5 rings (SSSR count). The van der Waals surface area contributed by atoms with Gasteiger partial charge in [0.2, 0.25) is 0 Å². The lowest BCUT2D eigenvalue weighted by molar-refractivity contribution is 0.215. The van der Waals surface area contributed by atoms with E-state index in [1.54, 1.807) is 24.4 Å². The molecule has 1 amide bonds. The van der Waals surface area contributed by atoms with Crippen LogP contribution in [-0.2, 0) is 0 Å². The van der Waals surface area contributed by atoms with E-state index in [0.29, 0.717) is 49.4 Å². The maximum absolute atomic E-state index is 12.9. The summed E-state index contributed by atoms with van der Waals surface area (Å²) in [7, 11) is 3.02. The third-order valence-electron chi connectivity index (χ3n) is 6.91. The van der Waals surface area contributed by atoms with E-state index in [9.17, 15) is 4.79 Å². The van der Waals surface area contributed by atoms with E-state index in [-0.39, 0.29) is 5.75 Å². The van der Waals surface area contributed by atoms with Crippen molar-refractivity contribution in [2.24, 2.45) is 0 Å². The van der Waals surface area contributed by atoms with Gasteiger partial charge >= 0.3 is 6.09 Å². The lowest BCUT2D eigenvalue weighted by atomic mass is 10.0. The number of fused-ring (bicyclic) bond motifs is 1. The molecule has 0 aliphatic carbocycles. The van der Waals surface area contributed by atoms with Crippen LogP contribution in [0.3, 0.4) is 0 Å². The summed E-state index contributed by atoms with van der Waals surface area (Å²) in [6.45, 7) is 7.12. The maximum atomic E-state index is 12.9. The predicted molar refractivity (Wildman–Crippen MR) is 159 cm³/mol. The number of likely N-dealkylation sites (N-methyl/N-ethyl adjacent to an activating group) is 1. The van der Waals surface area contributed by atoms with Gasteiger partial charge in [0.1, 0.15) is 22.5 Å². The number of halogens is 2. The molecule has 4 aromatic rings.